The Morgan fingerprint density at radius 2 is 1.90 bits per heavy atom. The van der Waals surface area contributed by atoms with Crippen LogP contribution in [0, 0.1) is 0 Å². The predicted octanol–water partition coefficient (Wildman–Crippen LogP) is 2.84. The molecule has 0 unspecified atom stereocenters. The molecule has 0 saturated carbocycles. The highest BCUT2D eigenvalue weighted by molar-refractivity contribution is 5.76. The van der Waals surface area contributed by atoms with Gasteiger partial charge < -0.3 is 10.3 Å². The van der Waals surface area contributed by atoms with Gasteiger partial charge in [0.05, 0.1) is 11.0 Å². The van der Waals surface area contributed by atoms with Crippen LogP contribution in [0.3, 0.4) is 0 Å². The maximum atomic E-state index is 4.68. The molecule has 1 fully saturated rings. The summed E-state index contributed by atoms with van der Waals surface area (Å²) in [6.07, 6.45) is 0.857. The number of aromatic nitrogens is 2. The number of nitrogens with one attached hydrogen (secondary N) is 2. The average molecular weight is 263 g/mol. The minimum absolute atomic E-state index is 0.667. The zero-order valence-corrected chi connectivity index (χ0v) is 11.3. The van der Waals surface area contributed by atoms with E-state index in [2.05, 4.69) is 57.7 Å². The molecule has 1 aliphatic rings. The number of benzene rings is 2. The lowest BCUT2D eigenvalue weighted by atomic mass is 9.93. The molecule has 100 valence electrons. The van der Waals surface area contributed by atoms with E-state index in [0.29, 0.717) is 5.92 Å². The van der Waals surface area contributed by atoms with Gasteiger partial charge in [-0.15, -0.1) is 0 Å². The highest BCUT2D eigenvalue weighted by Crippen LogP contribution is 2.23. The van der Waals surface area contributed by atoms with E-state index in [-0.39, 0.29) is 0 Å². The van der Waals surface area contributed by atoms with Gasteiger partial charge in [0.25, 0.3) is 0 Å². The molecule has 2 aromatic carbocycles. The minimum Gasteiger partial charge on any atom is -0.342 e. The van der Waals surface area contributed by atoms with Crippen molar-refractivity contribution in [1.82, 2.24) is 15.3 Å². The highest BCUT2D eigenvalue weighted by atomic mass is 14.9. The average Bonchev–Trinajstić information content (AvgIpc) is 2.79. The van der Waals surface area contributed by atoms with Gasteiger partial charge in [0.2, 0.25) is 0 Å². The molecule has 1 aliphatic heterocycles. The van der Waals surface area contributed by atoms with Gasteiger partial charge in [0, 0.05) is 25.4 Å². The number of rotatable bonds is 3. The normalized spacial score (nSPS) is 15.4. The van der Waals surface area contributed by atoms with E-state index in [1.165, 1.54) is 11.1 Å². The fourth-order valence-electron chi connectivity index (χ4n) is 2.73. The number of hydrogen-bond donors (Lipinski definition) is 2. The molecule has 0 amide bonds. The van der Waals surface area contributed by atoms with E-state index in [4.69, 9.17) is 0 Å². The first-order valence-electron chi connectivity index (χ1n) is 7.12. The van der Waals surface area contributed by atoms with Crippen molar-refractivity contribution in [2.75, 3.05) is 13.1 Å². The maximum absolute atomic E-state index is 4.68. The zero-order chi connectivity index (χ0) is 13.4. The van der Waals surface area contributed by atoms with Gasteiger partial charge >= 0.3 is 0 Å². The Morgan fingerprint density at radius 3 is 2.65 bits per heavy atom. The molecule has 0 spiro atoms. The SMILES string of the molecule is c1ccc(Cc2nc3ccc(C4CNC4)cc3[nH]2)cc1. The third kappa shape index (κ3) is 2.10. The Kier molecular flexibility index (Phi) is 2.78. The maximum Gasteiger partial charge on any atom is 0.111 e. The smallest absolute Gasteiger partial charge is 0.111 e. The summed E-state index contributed by atoms with van der Waals surface area (Å²) in [6, 6.07) is 17.1. The van der Waals surface area contributed by atoms with Crippen LogP contribution in [-0.4, -0.2) is 23.1 Å². The number of nitrogens with zero attached hydrogens (tertiary/aromatic N) is 1. The largest absolute Gasteiger partial charge is 0.342 e. The van der Waals surface area contributed by atoms with Crippen molar-refractivity contribution in [2.24, 2.45) is 0 Å². The van der Waals surface area contributed by atoms with Crippen molar-refractivity contribution >= 4 is 11.0 Å². The molecule has 1 saturated heterocycles. The topological polar surface area (TPSA) is 40.7 Å². The summed E-state index contributed by atoms with van der Waals surface area (Å²) in [4.78, 5) is 8.14. The van der Waals surface area contributed by atoms with E-state index in [9.17, 15) is 0 Å². The van der Waals surface area contributed by atoms with Crippen molar-refractivity contribution in [1.29, 1.82) is 0 Å². The quantitative estimate of drug-likeness (QED) is 0.763. The first-order chi connectivity index (χ1) is 9.88. The first kappa shape index (κ1) is 11.7. The third-order valence-corrected chi connectivity index (χ3v) is 4.02. The van der Waals surface area contributed by atoms with Gasteiger partial charge in [0.15, 0.2) is 0 Å². The molecular weight excluding hydrogens is 246 g/mol. The number of fused-ring (bicyclic) bond motifs is 1. The monoisotopic (exact) mass is 263 g/mol. The van der Waals surface area contributed by atoms with Crippen LogP contribution >= 0.6 is 0 Å². The predicted molar refractivity (Wildman–Crippen MR) is 81.0 cm³/mol. The van der Waals surface area contributed by atoms with Crippen LogP contribution in [0.1, 0.15) is 22.9 Å². The molecule has 3 heteroatoms. The molecular formula is C17H17N3. The number of aromatic amines is 1. The van der Waals surface area contributed by atoms with E-state index in [1.54, 1.807) is 0 Å². The van der Waals surface area contributed by atoms with Gasteiger partial charge in [0.1, 0.15) is 5.82 Å². The van der Waals surface area contributed by atoms with Gasteiger partial charge in [-0.2, -0.15) is 0 Å². The molecule has 0 radical (unpaired) electrons. The number of imidazole rings is 1. The van der Waals surface area contributed by atoms with Crippen molar-refractivity contribution in [3.63, 3.8) is 0 Å². The lowest BCUT2D eigenvalue weighted by Gasteiger charge is -2.27. The van der Waals surface area contributed by atoms with Gasteiger partial charge in [-0.25, -0.2) is 4.98 Å². The Hall–Kier alpha value is -2.13. The minimum atomic E-state index is 0.667. The highest BCUT2D eigenvalue weighted by Gasteiger charge is 2.19. The van der Waals surface area contributed by atoms with Gasteiger partial charge in [-0.1, -0.05) is 36.4 Å². The Bertz CT molecular complexity index is 726. The number of H-pyrrole nitrogens is 1. The fourth-order valence-corrected chi connectivity index (χ4v) is 2.73. The van der Waals surface area contributed by atoms with Gasteiger partial charge in [-0.3, -0.25) is 0 Å². The summed E-state index contributed by atoms with van der Waals surface area (Å²) in [5.41, 5.74) is 4.91. The summed E-state index contributed by atoms with van der Waals surface area (Å²) in [5, 5.41) is 3.32. The summed E-state index contributed by atoms with van der Waals surface area (Å²) >= 11 is 0. The van der Waals surface area contributed by atoms with Crippen molar-refractivity contribution in [3.8, 4) is 0 Å². The molecule has 3 aromatic rings. The molecule has 20 heavy (non-hydrogen) atoms. The van der Waals surface area contributed by atoms with Crippen LogP contribution in [0.4, 0.5) is 0 Å². The van der Waals surface area contributed by atoms with Crippen molar-refractivity contribution < 1.29 is 0 Å². The zero-order valence-electron chi connectivity index (χ0n) is 11.3. The summed E-state index contributed by atoms with van der Waals surface area (Å²) < 4.78 is 0. The summed E-state index contributed by atoms with van der Waals surface area (Å²) in [7, 11) is 0. The number of hydrogen-bond acceptors (Lipinski definition) is 2. The van der Waals surface area contributed by atoms with Crippen LogP contribution < -0.4 is 5.32 Å². The Labute approximate surface area is 118 Å². The molecule has 0 bridgehead atoms. The molecule has 1 aromatic heterocycles. The van der Waals surface area contributed by atoms with Crippen molar-refractivity contribution in [2.45, 2.75) is 12.3 Å². The second-order valence-electron chi connectivity index (χ2n) is 5.48. The van der Waals surface area contributed by atoms with Crippen molar-refractivity contribution in [3.05, 3.63) is 65.5 Å². The van der Waals surface area contributed by atoms with Crippen LogP contribution in [0.25, 0.3) is 11.0 Å². The summed E-state index contributed by atoms with van der Waals surface area (Å²) in [5.74, 6) is 1.70. The Morgan fingerprint density at radius 1 is 1.05 bits per heavy atom. The van der Waals surface area contributed by atoms with Crippen LogP contribution in [0.2, 0.25) is 0 Å². The molecule has 0 aliphatic carbocycles. The lowest BCUT2D eigenvalue weighted by molar-refractivity contribution is 0.449. The van der Waals surface area contributed by atoms with E-state index in [1.807, 2.05) is 6.07 Å². The standard InChI is InChI=1S/C17H17N3/c1-2-4-12(5-3-1)8-17-19-15-7-6-13(9-16(15)20-17)14-10-18-11-14/h1-7,9,14,18H,8,10-11H2,(H,19,20). The molecule has 0 atom stereocenters. The van der Waals surface area contributed by atoms with Crippen LogP contribution in [-0.2, 0) is 6.42 Å². The van der Waals surface area contributed by atoms with E-state index >= 15 is 0 Å². The van der Waals surface area contributed by atoms with Crippen LogP contribution in [0.15, 0.2) is 48.5 Å². The van der Waals surface area contributed by atoms with Crippen LogP contribution in [0.5, 0.6) is 0 Å². The molecule has 4 rings (SSSR count). The fraction of sp³-hybridized carbons (Fsp3) is 0.235. The van der Waals surface area contributed by atoms with E-state index in [0.717, 1.165) is 36.4 Å². The summed E-state index contributed by atoms with van der Waals surface area (Å²) in [6.45, 7) is 2.19. The molecule has 3 nitrogen and oxygen atoms in total. The first-order valence-corrected chi connectivity index (χ1v) is 7.12. The second kappa shape index (κ2) is 4.76. The third-order valence-electron chi connectivity index (χ3n) is 4.02. The Balaban J connectivity index is 1.64. The molecule has 2 N–H and O–H groups in total. The second-order valence-corrected chi connectivity index (χ2v) is 5.48. The van der Waals surface area contributed by atoms with E-state index < -0.39 is 0 Å². The molecule has 2 heterocycles. The van der Waals surface area contributed by atoms with Gasteiger partial charge in [-0.05, 0) is 23.3 Å². The lowest BCUT2D eigenvalue weighted by Crippen LogP contribution is -2.39.